The van der Waals surface area contributed by atoms with Crippen molar-refractivity contribution in [3.63, 3.8) is 0 Å². The molecule has 0 unspecified atom stereocenters. The highest BCUT2D eigenvalue weighted by Crippen LogP contribution is 2.33. The molecule has 0 saturated heterocycles. The van der Waals surface area contributed by atoms with Crippen molar-refractivity contribution in [2.24, 2.45) is 0 Å². The molecule has 2 aromatic rings. The summed E-state index contributed by atoms with van der Waals surface area (Å²) in [6, 6.07) is 5.47. The summed E-state index contributed by atoms with van der Waals surface area (Å²) in [5, 5.41) is 11.0. The Morgan fingerprint density at radius 2 is 2.00 bits per heavy atom. The third kappa shape index (κ3) is 2.70. The van der Waals surface area contributed by atoms with Crippen molar-refractivity contribution >= 4 is 44.8 Å². The van der Waals surface area contributed by atoms with Gasteiger partial charge in [0.15, 0.2) is 0 Å². The fraction of sp³-hybridized carbons (Fsp3) is 0.100. The Morgan fingerprint density at radius 3 is 2.56 bits per heavy atom. The molecule has 0 aliphatic rings. The molecule has 2 N–H and O–H groups in total. The predicted octanol–water partition coefficient (Wildman–Crippen LogP) is 4.09. The maximum Gasteiger partial charge on any atom is 0.0722 e. The lowest BCUT2D eigenvalue weighted by Gasteiger charge is -2.09. The zero-order valence-corrected chi connectivity index (χ0v) is 11.2. The van der Waals surface area contributed by atoms with E-state index in [0.29, 0.717) is 16.6 Å². The van der Waals surface area contributed by atoms with E-state index in [4.69, 9.17) is 23.2 Å². The van der Waals surface area contributed by atoms with Crippen LogP contribution in [-0.4, -0.2) is 10.2 Å². The Bertz CT molecular complexity index is 462. The third-order valence-electron chi connectivity index (χ3n) is 2.02. The lowest BCUT2D eigenvalue weighted by molar-refractivity contribution is 0.981. The van der Waals surface area contributed by atoms with Gasteiger partial charge in [-0.2, -0.15) is 5.10 Å². The standard InChI is InChI=1S/C10H8BrCl2N3/c11-6-3-8(12)10(9(13)4-6)14-5-7-1-2-15-16-7/h1-4,14H,5H2,(H,15,16). The number of halogens is 3. The number of aromatic amines is 1. The molecule has 0 fully saturated rings. The Kier molecular flexibility index (Phi) is 3.74. The Balaban J connectivity index is 2.15. The average Bonchev–Trinajstić information content (AvgIpc) is 2.68. The average molecular weight is 321 g/mol. The van der Waals surface area contributed by atoms with Crippen molar-refractivity contribution in [1.82, 2.24) is 10.2 Å². The first-order valence-electron chi connectivity index (χ1n) is 4.53. The summed E-state index contributed by atoms with van der Waals surface area (Å²) in [6.45, 7) is 0.598. The van der Waals surface area contributed by atoms with Crippen LogP contribution < -0.4 is 5.32 Å². The monoisotopic (exact) mass is 319 g/mol. The van der Waals surface area contributed by atoms with E-state index < -0.39 is 0 Å². The van der Waals surface area contributed by atoms with Crippen molar-refractivity contribution < 1.29 is 0 Å². The van der Waals surface area contributed by atoms with Crippen LogP contribution in [0, 0.1) is 0 Å². The zero-order chi connectivity index (χ0) is 11.5. The minimum atomic E-state index is 0.582. The number of rotatable bonds is 3. The summed E-state index contributed by atoms with van der Waals surface area (Å²) in [7, 11) is 0. The Labute approximate surface area is 111 Å². The quantitative estimate of drug-likeness (QED) is 0.894. The number of anilines is 1. The van der Waals surface area contributed by atoms with Gasteiger partial charge in [0.2, 0.25) is 0 Å². The van der Waals surface area contributed by atoms with E-state index in [2.05, 4.69) is 31.4 Å². The van der Waals surface area contributed by atoms with E-state index in [1.54, 1.807) is 18.3 Å². The summed E-state index contributed by atoms with van der Waals surface area (Å²) < 4.78 is 0.856. The van der Waals surface area contributed by atoms with Crippen LogP contribution in [-0.2, 0) is 6.54 Å². The van der Waals surface area contributed by atoms with Gasteiger partial charge < -0.3 is 5.32 Å². The first kappa shape index (κ1) is 11.8. The van der Waals surface area contributed by atoms with Gasteiger partial charge >= 0.3 is 0 Å². The Hall–Kier alpha value is -0.710. The highest BCUT2D eigenvalue weighted by molar-refractivity contribution is 9.10. The molecule has 0 amide bonds. The molecule has 6 heteroatoms. The van der Waals surface area contributed by atoms with E-state index >= 15 is 0 Å². The molecule has 84 valence electrons. The first-order chi connectivity index (χ1) is 7.66. The van der Waals surface area contributed by atoms with E-state index in [0.717, 1.165) is 15.9 Å². The van der Waals surface area contributed by atoms with Crippen LogP contribution in [0.1, 0.15) is 5.69 Å². The van der Waals surface area contributed by atoms with Crippen LogP contribution in [0.15, 0.2) is 28.9 Å². The van der Waals surface area contributed by atoms with E-state index in [-0.39, 0.29) is 0 Å². The molecule has 1 heterocycles. The third-order valence-corrected chi connectivity index (χ3v) is 3.07. The minimum Gasteiger partial charge on any atom is -0.377 e. The summed E-state index contributed by atoms with van der Waals surface area (Å²) in [6.07, 6.45) is 1.70. The number of hydrogen-bond donors (Lipinski definition) is 2. The summed E-state index contributed by atoms with van der Waals surface area (Å²) >= 11 is 15.5. The molecule has 0 spiro atoms. The highest BCUT2D eigenvalue weighted by atomic mass is 79.9. The van der Waals surface area contributed by atoms with Gasteiger partial charge in [-0.05, 0) is 18.2 Å². The summed E-state index contributed by atoms with van der Waals surface area (Å²) in [5.41, 5.74) is 1.69. The Morgan fingerprint density at radius 1 is 1.31 bits per heavy atom. The van der Waals surface area contributed by atoms with Gasteiger partial charge in [-0.15, -0.1) is 0 Å². The van der Waals surface area contributed by atoms with Crippen molar-refractivity contribution in [3.8, 4) is 0 Å². The smallest absolute Gasteiger partial charge is 0.0722 e. The van der Waals surface area contributed by atoms with Gasteiger partial charge in [-0.25, -0.2) is 0 Å². The topological polar surface area (TPSA) is 40.7 Å². The number of benzene rings is 1. The van der Waals surface area contributed by atoms with E-state index in [1.807, 2.05) is 6.07 Å². The maximum absolute atomic E-state index is 6.07. The van der Waals surface area contributed by atoms with Crippen LogP contribution in [0.3, 0.4) is 0 Å². The van der Waals surface area contributed by atoms with Gasteiger partial charge in [0, 0.05) is 10.7 Å². The lowest BCUT2D eigenvalue weighted by Crippen LogP contribution is -2.01. The van der Waals surface area contributed by atoms with Crippen molar-refractivity contribution in [3.05, 3.63) is 44.6 Å². The van der Waals surface area contributed by atoms with Gasteiger partial charge in [0.05, 0.1) is 28.0 Å². The van der Waals surface area contributed by atoms with Crippen LogP contribution in [0.4, 0.5) is 5.69 Å². The molecule has 16 heavy (non-hydrogen) atoms. The molecule has 1 aromatic heterocycles. The fourth-order valence-corrected chi connectivity index (χ4v) is 2.62. The normalized spacial score (nSPS) is 10.4. The second kappa shape index (κ2) is 5.08. The highest BCUT2D eigenvalue weighted by Gasteiger charge is 2.07. The van der Waals surface area contributed by atoms with Gasteiger partial charge in [-0.1, -0.05) is 39.1 Å². The SMILES string of the molecule is Clc1cc(Br)cc(Cl)c1NCc1ccn[nH]1. The summed E-state index contributed by atoms with van der Waals surface area (Å²) in [4.78, 5) is 0. The van der Waals surface area contributed by atoms with Crippen molar-refractivity contribution in [2.75, 3.05) is 5.32 Å². The lowest BCUT2D eigenvalue weighted by atomic mass is 10.3. The molecule has 0 radical (unpaired) electrons. The molecule has 0 aliphatic heterocycles. The largest absolute Gasteiger partial charge is 0.377 e. The van der Waals surface area contributed by atoms with Crippen LogP contribution >= 0.6 is 39.1 Å². The molecule has 2 rings (SSSR count). The molecular weight excluding hydrogens is 313 g/mol. The first-order valence-corrected chi connectivity index (χ1v) is 6.08. The molecule has 1 aromatic carbocycles. The second-order valence-corrected chi connectivity index (χ2v) is 4.91. The molecule has 0 saturated carbocycles. The molecule has 3 nitrogen and oxygen atoms in total. The van der Waals surface area contributed by atoms with E-state index in [1.165, 1.54) is 0 Å². The number of hydrogen-bond acceptors (Lipinski definition) is 2. The number of aromatic nitrogens is 2. The molecule has 0 bridgehead atoms. The number of nitrogens with zero attached hydrogens (tertiary/aromatic N) is 1. The van der Waals surface area contributed by atoms with Crippen LogP contribution in [0.25, 0.3) is 0 Å². The zero-order valence-electron chi connectivity index (χ0n) is 8.10. The molecule has 0 atom stereocenters. The number of H-pyrrole nitrogens is 1. The van der Waals surface area contributed by atoms with Gasteiger partial charge in [0.25, 0.3) is 0 Å². The fourth-order valence-electron chi connectivity index (χ4n) is 1.28. The van der Waals surface area contributed by atoms with E-state index in [9.17, 15) is 0 Å². The van der Waals surface area contributed by atoms with Crippen molar-refractivity contribution in [2.45, 2.75) is 6.54 Å². The van der Waals surface area contributed by atoms with Gasteiger partial charge in [0.1, 0.15) is 0 Å². The van der Waals surface area contributed by atoms with Crippen molar-refractivity contribution in [1.29, 1.82) is 0 Å². The van der Waals surface area contributed by atoms with Crippen LogP contribution in [0.5, 0.6) is 0 Å². The summed E-state index contributed by atoms with van der Waals surface area (Å²) in [5.74, 6) is 0. The predicted molar refractivity (Wildman–Crippen MR) is 70.1 cm³/mol. The number of nitrogens with one attached hydrogen (secondary N) is 2. The second-order valence-electron chi connectivity index (χ2n) is 3.18. The van der Waals surface area contributed by atoms with Crippen LogP contribution in [0.2, 0.25) is 10.0 Å². The molecule has 0 aliphatic carbocycles. The maximum atomic E-state index is 6.07. The van der Waals surface area contributed by atoms with Gasteiger partial charge in [-0.3, -0.25) is 5.10 Å². The minimum absolute atomic E-state index is 0.582. The molecular formula is C10H8BrCl2N3.